The van der Waals surface area contributed by atoms with E-state index in [9.17, 15) is 8.42 Å². The fourth-order valence-corrected chi connectivity index (χ4v) is 4.50. The molecule has 3 N–H and O–H groups in total. The normalized spacial score (nSPS) is 12.0. The quantitative estimate of drug-likeness (QED) is 0.830. The number of nitrogens with two attached hydrogens (primary N) is 1. The maximum atomic E-state index is 12.3. The van der Waals surface area contributed by atoms with E-state index >= 15 is 0 Å². The number of thiophene rings is 1. The molecule has 0 saturated carbocycles. The Kier molecular flexibility index (Phi) is 4.82. The van der Waals surface area contributed by atoms with Crippen LogP contribution in [0.3, 0.4) is 0 Å². The van der Waals surface area contributed by atoms with E-state index < -0.39 is 10.0 Å². The van der Waals surface area contributed by atoms with E-state index in [1.54, 1.807) is 10.7 Å². The molecule has 116 valence electrons. The Morgan fingerprint density at radius 1 is 1.38 bits per heavy atom. The standard InChI is InChI=1S/C13H20N4O2S2/c1-9-12(10(2)17(3)16-9)8-15-21(18,19)13-5-4-11(20-13)6-7-14/h4-5,15H,6-8,14H2,1-3H3. The Morgan fingerprint density at radius 3 is 2.67 bits per heavy atom. The van der Waals surface area contributed by atoms with E-state index in [2.05, 4.69) is 9.82 Å². The van der Waals surface area contributed by atoms with Crippen molar-refractivity contribution >= 4 is 21.4 Å². The van der Waals surface area contributed by atoms with E-state index in [0.29, 0.717) is 17.2 Å². The second-order valence-electron chi connectivity index (χ2n) is 4.86. The predicted molar refractivity (Wildman–Crippen MR) is 83.8 cm³/mol. The van der Waals surface area contributed by atoms with Crippen molar-refractivity contribution in [3.05, 3.63) is 34.0 Å². The fourth-order valence-electron chi connectivity index (χ4n) is 2.09. The van der Waals surface area contributed by atoms with Crippen molar-refractivity contribution in [2.45, 2.75) is 31.0 Å². The topological polar surface area (TPSA) is 90.0 Å². The highest BCUT2D eigenvalue weighted by Gasteiger charge is 2.18. The summed E-state index contributed by atoms with van der Waals surface area (Å²) in [6, 6.07) is 3.44. The first-order chi connectivity index (χ1) is 9.85. The molecule has 0 spiro atoms. The molecule has 0 aliphatic rings. The Labute approximate surface area is 129 Å². The van der Waals surface area contributed by atoms with E-state index in [1.165, 1.54) is 11.3 Å². The monoisotopic (exact) mass is 328 g/mol. The summed E-state index contributed by atoms with van der Waals surface area (Å²) in [5.41, 5.74) is 8.20. The zero-order valence-electron chi connectivity index (χ0n) is 12.4. The van der Waals surface area contributed by atoms with Gasteiger partial charge in [0.15, 0.2) is 0 Å². The highest BCUT2D eigenvalue weighted by Crippen LogP contribution is 2.22. The van der Waals surface area contributed by atoms with Crippen LogP contribution in [0.2, 0.25) is 0 Å². The van der Waals surface area contributed by atoms with Crippen molar-refractivity contribution in [1.29, 1.82) is 0 Å². The van der Waals surface area contributed by atoms with Gasteiger partial charge < -0.3 is 5.73 Å². The van der Waals surface area contributed by atoms with Crippen LogP contribution in [0.5, 0.6) is 0 Å². The number of nitrogens with one attached hydrogen (secondary N) is 1. The highest BCUT2D eigenvalue weighted by atomic mass is 32.2. The third-order valence-corrected chi connectivity index (χ3v) is 6.43. The zero-order chi connectivity index (χ0) is 15.6. The van der Waals surface area contributed by atoms with Crippen LogP contribution in [0, 0.1) is 13.8 Å². The second-order valence-corrected chi connectivity index (χ2v) is 8.02. The molecule has 2 rings (SSSR count). The Hall–Kier alpha value is -1.22. The smallest absolute Gasteiger partial charge is 0.250 e. The number of sulfonamides is 1. The minimum atomic E-state index is -3.49. The molecule has 0 unspecified atom stereocenters. The molecule has 0 radical (unpaired) electrons. The van der Waals surface area contributed by atoms with Crippen LogP contribution in [0.1, 0.15) is 21.8 Å². The van der Waals surface area contributed by atoms with Crippen LogP contribution in [-0.4, -0.2) is 24.7 Å². The minimum absolute atomic E-state index is 0.248. The van der Waals surface area contributed by atoms with Crippen molar-refractivity contribution in [3.8, 4) is 0 Å². The molecular formula is C13H20N4O2S2. The number of rotatable bonds is 6. The predicted octanol–water partition coefficient (Wildman–Crippen LogP) is 1.08. The van der Waals surface area contributed by atoms with Gasteiger partial charge in [-0.1, -0.05) is 0 Å². The van der Waals surface area contributed by atoms with Gasteiger partial charge in [-0.05, 0) is 38.9 Å². The molecule has 0 atom stereocenters. The number of nitrogens with zero attached hydrogens (tertiary/aromatic N) is 2. The lowest BCUT2D eigenvalue weighted by Gasteiger charge is -2.05. The van der Waals surface area contributed by atoms with Gasteiger partial charge in [-0.25, -0.2) is 13.1 Å². The van der Waals surface area contributed by atoms with E-state index in [1.807, 2.05) is 27.0 Å². The maximum absolute atomic E-state index is 12.3. The Bertz CT molecular complexity index is 731. The Morgan fingerprint density at radius 2 is 2.10 bits per heavy atom. The SMILES string of the molecule is Cc1nn(C)c(C)c1CNS(=O)(=O)c1ccc(CCN)s1. The highest BCUT2D eigenvalue weighted by molar-refractivity contribution is 7.91. The molecule has 0 aromatic carbocycles. The lowest BCUT2D eigenvalue weighted by atomic mass is 10.2. The zero-order valence-corrected chi connectivity index (χ0v) is 14.0. The van der Waals surface area contributed by atoms with Gasteiger partial charge in [-0.3, -0.25) is 4.68 Å². The van der Waals surface area contributed by atoms with Gasteiger partial charge in [0.05, 0.1) is 5.69 Å². The molecule has 21 heavy (non-hydrogen) atoms. The summed E-state index contributed by atoms with van der Waals surface area (Å²) < 4.78 is 29.3. The summed E-state index contributed by atoms with van der Waals surface area (Å²) in [5, 5.41) is 4.28. The van der Waals surface area contributed by atoms with Crippen LogP contribution >= 0.6 is 11.3 Å². The summed E-state index contributed by atoms with van der Waals surface area (Å²) in [6.07, 6.45) is 0.695. The van der Waals surface area contributed by atoms with Gasteiger partial charge in [0.2, 0.25) is 10.0 Å². The lowest BCUT2D eigenvalue weighted by Crippen LogP contribution is -2.23. The van der Waals surface area contributed by atoms with Gasteiger partial charge in [-0.15, -0.1) is 11.3 Å². The molecule has 2 aromatic rings. The number of aromatic nitrogens is 2. The molecular weight excluding hydrogens is 308 g/mol. The molecule has 2 heterocycles. The Balaban J connectivity index is 2.13. The fraction of sp³-hybridized carbons (Fsp3) is 0.462. The molecule has 0 aliphatic carbocycles. The number of hydrogen-bond acceptors (Lipinski definition) is 5. The van der Waals surface area contributed by atoms with Crippen LogP contribution in [0.15, 0.2) is 16.3 Å². The second kappa shape index (κ2) is 6.27. The van der Waals surface area contributed by atoms with Crippen LogP contribution < -0.4 is 10.5 Å². The van der Waals surface area contributed by atoms with Gasteiger partial charge in [-0.2, -0.15) is 5.10 Å². The lowest BCUT2D eigenvalue weighted by molar-refractivity contribution is 0.583. The third kappa shape index (κ3) is 3.52. The number of hydrogen-bond donors (Lipinski definition) is 2. The van der Waals surface area contributed by atoms with Crippen molar-refractivity contribution in [3.63, 3.8) is 0 Å². The van der Waals surface area contributed by atoms with Crippen LogP contribution in [0.25, 0.3) is 0 Å². The molecule has 0 amide bonds. The largest absolute Gasteiger partial charge is 0.330 e. The summed E-state index contributed by atoms with van der Waals surface area (Å²) in [7, 11) is -1.64. The average Bonchev–Trinajstić information content (AvgIpc) is 2.96. The van der Waals surface area contributed by atoms with Crippen molar-refractivity contribution < 1.29 is 8.42 Å². The number of aryl methyl sites for hydroxylation is 2. The third-order valence-electron chi connectivity index (χ3n) is 3.39. The first kappa shape index (κ1) is 16.2. The molecule has 2 aromatic heterocycles. The van der Waals surface area contributed by atoms with Crippen molar-refractivity contribution in [1.82, 2.24) is 14.5 Å². The molecule has 0 aliphatic heterocycles. The summed E-state index contributed by atoms with van der Waals surface area (Å²) in [6.45, 7) is 4.56. The average molecular weight is 328 g/mol. The first-order valence-electron chi connectivity index (χ1n) is 6.62. The van der Waals surface area contributed by atoms with Crippen molar-refractivity contribution in [2.24, 2.45) is 12.8 Å². The molecule has 6 nitrogen and oxygen atoms in total. The maximum Gasteiger partial charge on any atom is 0.250 e. The molecule has 0 bridgehead atoms. The van der Waals surface area contributed by atoms with Crippen molar-refractivity contribution in [2.75, 3.05) is 6.54 Å². The van der Waals surface area contributed by atoms with Crippen LogP contribution in [0.4, 0.5) is 0 Å². The van der Waals surface area contributed by atoms with Gasteiger partial charge in [0.1, 0.15) is 4.21 Å². The molecule has 0 saturated heterocycles. The van der Waals surface area contributed by atoms with E-state index in [4.69, 9.17) is 5.73 Å². The summed E-state index contributed by atoms with van der Waals surface area (Å²) in [4.78, 5) is 0.978. The van der Waals surface area contributed by atoms with E-state index in [0.717, 1.165) is 21.8 Å². The first-order valence-corrected chi connectivity index (χ1v) is 8.92. The molecule has 0 fully saturated rings. The molecule has 8 heteroatoms. The van der Waals surface area contributed by atoms with Gasteiger partial charge in [0, 0.05) is 29.7 Å². The minimum Gasteiger partial charge on any atom is -0.330 e. The van der Waals surface area contributed by atoms with Crippen LogP contribution in [-0.2, 0) is 30.0 Å². The van der Waals surface area contributed by atoms with E-state index in [-0.39, 0.29) is 6.54 Å². The van der Waals surface area contributed by atoms with Gasteiger partial charge in [0.25, 0.3) is 0 Å². The summed E-state index contributed by atoms with van der Waals surface area (Å²) in [5.74, 6) is 0. The summed E-state index contributed by atoms with van der Waals surface area (Å²) >= 11 is 1.26. The van der Waals surface area contributed by atoms with Gasteiger partial charge >= 0.3 is 0 Å².